The van der Waals surface area contributed by atoms with Gasteiger partial charge in [-0.25, -0.2) is 4.79 Å². The van der Waals surface area contributed by atoms with Gasteiger partial charge in [0.25, 0.3) is 0 Å². The van der Waals surface area contributed by atoms with Crippen molar-refractivity contribution in [1.82, 2.24) is 5.32 Å². The van der Waals surface area contributed by atoms with E-state index in [4.69, 9.17) is 0 Å². The quantitative estimate of drug-likeness (QED) is 0.703. The topological polar surface area (TPSA) is 41.1 Å². The first-order valence-corrected chi connectivity index (χ1v) is 9.17. The molecule has 0 radical (unpaired) electrons. The van der Waals surface area contributed by atoms with Gasteiger partial charge in [0.1, 0.15) is 0 Å². The number of urea groups is 1. The molecule has 6 heteroatoms. The Bertz CT molecular complexity index is 768. The molecule has 2 amide bonds. The van der Waals surface area contributed by atoms with Gasteiger partial charge in [-0.2, -0.15) is 13.2 Å². The largest absolute Gasteiger partial charge is 0.416 e. The van der Waals surface area contributed by atoms with Crippen LogP contribution in [0.5, 0.6) is 0 Å². The van der Waals surface area contributed by atoms with Crippen molar-refractivity contribution >= 4 is 11.7 Å². The monoisotopic (exact) mass is 376 g/mol. The third kappa shape index (κ3) is 4.81. The fraction of sp³-hybridized carbons (Fsp3) is 0.381. The highest BCUT2D eigenvalue weighted by atomic mass is 19.4. The molecule has 27 heavy (non-hydrogen) atoms. The lowest BCUT2D eigenvalue weighted by atomic mass is 9.69. The van der Waals surface area contributed by atoms with Gasteiger partial charge in [0, 0.05) is 17.6 Å². The zero-order valence-electron chi connectivity index (χ0n) is 15.0. The van der Waals surface area contributed by atoms with E-state index >= 15 is 0 Å². The van der Waals surface area contributed by atoms with Crippen LogP contribution in [0.3, 0.4) is 0 Å². The van der Waals surface area contributed by atoms with Crippen molar-refractivity contribution in [3.8, 4) is 0 Å². The Kier molecular flexibility index (Phi) is 5.73. The maximum Gasteiger partial charge on any atom is 0.416 e. The first-order chi connectivity index (χ1) is 12.9. The van der Waals surface area contributed by atoms with Gasteiger partial charge in [-0.15, -0.1) is 0 Å². The predicted molar refractivity (Wildman–Crippen MR) is 99.7 cm³/mol. The summed E-state index contributed by atoms with van der Waals surface area (Å²) in [6.45, 7) is 0.460. The molecule has 2 aromatic carbocycles. The summed E-state index contributed by atoms with van der Waals surface area (Å²) >= 11 is 0. The number of rotatable bonds is 4. The number of benzene rings is 2. The number of carbonyl (C=O) groups is 1. The zero-order chi connectivity index (χ0) is 19.3. The molecule has 0 aliphatic heterocycles. The van der Waals surface area contributed by atoms with E-state index in [1.165, 1.54) is 24.1 Å². The second-order valence-electron chi connectivity index (χ2n) is 7.09. The van der Waals surface area contributed by atoms with E-state index in [0.29, 0.717) is 6.54 Å². The van der Waals surface area contributed by atoms with Crippen LogP contribution in [0.15, 0.2) is 54.6 Å². The highest BCUT2D eigenvalue weighted by Crippen LogP contribution is 2.39. The third-order valence-electron chi connectivity index (χ3n) is 5.23. The first-order valence-electron chi connectivity index (χ1n) is 9.17. The highest BCUT2D eigenvalue weighted by Gasteiger charge is 2.34. The number of hydrogen-bond acceptors (Lipinski definition) is 1. The van der Waals surface area contributed by atoms with Crippen LogP contribution in [0.25, 0.3) is 0 Å². The molecule has 1 aliphatic rings. The van der Waals surface area contributed by atoms with Gasteiger partial charge in [0.05, 0.1) is 5.56 Å². The van der Waals surface area contributed by atoms with Gasteiger partial charge >= 0.3 is 12.2 Å². The van der Waals surface area contributed by atoms with Crippen molar-refractivity contribution in [3.63, 3.8) is 0 Å². The maximum atomic E-state index is 12.8. The van der Waals surface area contributed by atoms with Crippen LogP contribution >= 0.6 is 0 Å². The van der Waals surface area contributed by atoms with Gasteiger partial charge in [-0.1, -0.05) is 55.7 Å². The Morgan fingerprint density at radius 2 is 1.67 bits per heavy atom. The summed E-state index contributed by atoms with van der Waals surface area (Å²) in [7, 11) is 0. The Hall–Kier alpha value is -2.50. The molecule has 0 aromatic heterocycles. The van der Waals surface area contributed by atoms with Crippen LogP contribution < -0.4 is 10.6 Å². The molecule has 2 aromatic rings. The summed E-state index contributed by atoms with van der Waals surface area (Å²) in [5.41, 5.74) is 0.419. The van der Waals surface area contributed by atoms with Crippen LogP contribution in [-0.4, -0.2) is 12.6 Å². The summed E-state index contributed by atoms with van der Waals surface area (Å²) in [6.07, 6.45) is 0.929. The van der Waals surface area contributed by atoms with Crippen molar-refractivity contribution in [2.75, 3.05) is 11.9 Å². The van der Waals surface area contributed by atoms with Crippen molar-refractivity contribution in [3.05, 3.63) is 65.7 Å². The first kappa shape index (κ1) is 19.3. The molecule has 3 rings (SSSR count). The minimum Gasteiger partial charge on any atom is -0.337 e. The Balaban J connectivity index is 1.67. The second-order valence-corrected chi connectivity index (χ2v) is 7.09. The summed E-state index contributed by atoms with van der Waals surface area (Å²) in [4.78, 5) is 12.3. The lowest BCUT2D eigenvalue weighted by Crippen LogP contribution is -2.43. The SMILES string of the molecule is O=C(NCC1(c2ccccc2)CCCCC1)Nc1cccc(C(F)(F)F)c1. The van der Waals surface area contributed by atoms with E-state index < -0.39 is 17.8 Å². The number of anilines is 1. The molecule has 0 heterocycles. The number of hydrogen-bond donors (Lipinski definition) is 2. The summed E-state index contributed by atoms with van der Waals surface area (Å²) in [5.74, 6) is 0. The lowest BCUT2D eigenvalue weighted by Gasteiger charge is -2.38. The third-order valence-corrected chi connectivity index (χ3v) is 5.23. The second kappa shape index (κ2) is 8.03. The Morgan fingerprint density at radius 3 is 2.33 bits per heavy atom. The molecule has 1 fully saturated rings. The van der Waals surface area contributed by atoms with E-state index in [1.54, 1.807) is 0 Å². The molecule has 2 N–H and O–H groups in total. The van der Waals surface area contributed by atoms with Gasteiger partial charge in [0.2, 0.25) is 0 Å². The van der Waals surface area contributed by atoms with E-state index in [-0.39, 0.29) is 11.1 Å². The smallest absolute Gasteiger partial charge is 0.337 e. The summed E-state index contributed by atoms with van der Waals surface area (Å²) in [6, 6.07) is 14.3. The molecule has 0 atom stereocenters. The molecule has 144 valence electrons. The van der Waals surface area contributed by atoms with Gasteiger partial charge in [-0.3, -0.25) is 0 Å². The van der Waals surface area contributed by atoms with Crippen LogP contribution in [0.2, 0.25) is 0 Å². The molecule has 0 unspecified atom stereocenters. The number of alkyl halides is 3. The average Bonchev–Trinajstić information content (AvgIpc) is 2.67. The van der Waals surface area contributed by atoms with Crippen molar-refractivity contribution in [2.24, 2.45) is 0 Å². The van der Waals surface area contributed by atoms with Crippen LogP contribution in [-0.2, 0) is 11.6 Å². The summed E-state index contributed by atoms with van der Waals surface area (Å²) < 4.78 is 38.4. The highest BCUT2D eigenvalue weighted by molar-refractivity contribution is 5.89. The predicted octanol–water partition coefficient (Wildman–Crippen LogP) is 5.73. The number of carbonyl (C=O) groups excluding carboxylic acids is 1. The molecule has 1 aliphatic carbocycles. The molecule has 0 saturated heterocycles. The summed E-state index contributed by atoms with van der Waals surface area (Å²) in [5, 5.41) is 5.38. The van der Waals surface area contributed by atoms with E-state index in [2.05, 4.69) is 22.8 Å². The molecule has 1 saturated carbocycles. The van der Waals surface area contributed by atoms with Crippen LogP contribution in [0.4, 0.5) is 23.7 Å². The minimum absolute atomic E-state index is 0.120. The van der Waals surface area contributed by atoms with Gasteiger partial charge < -0.3 is 10.6 Å². The minimum atomic E-state index is -4.44. The van der Waals surface area contributed by atoms with Crippen LogP contribution in [0, 0.1) is 0 Å². The van der Waals surface area contributed by atoms with Crippen molar-refractivity contribution < 1.29 is 18.0 Å². The molecule has 0 spiro atoms. The molecular weight excluding hydrogens is 353 g/mol. The standard InChI is InChI=1S/C21H23F3N2O/c22-21(23,24)17-10-7-11-18(14-17)26-19(27)25-15-20(12-5-2-6-13-20)16-8-3-1-4-9-16/h1,3-4,7-11,14H,2,5-6,12-13,15H2,(H2,25,26,27). The van der Waals surface area contributed by atoms with Crippen molar-refractivity contribution in [2.45, 2.75) is 43.7 Å². The maximum absolute atomic E-state index is 12.8. The number of nitrogens with one attached hydrogen (secondary N) is 2. The molecule has 0 bridgehead atoms. The van der Waals surface area contributed by atoms with Crippen molar-refractivity contribution in [1.29, 1.82) is 0 Å². The van der Waals surface area contributed by atoms with E-state index in [9.17, 15) is 18.0 Å². The Labute approximate surface area is 157 Å². The zero-order valence-corrected chi connectivity index (χ0v) is 15.0. The molecular formula is C21H23F3N2O. The van der Waals surface area contributed by atoms with Gasteiger partial charge in [0.15, 0.2) is 0 Å². The van der Waals surface area contributed by atoms with E-state index in [0.717, 1.165) is 37.8 Å². The number of amides is 2. The fourth-order valence-corrected chi connectivity index (χ4v) is 3.79. The van der Waals surface area contributed by atoms with Crippen LogP contribution in [0.1, 0.15) is 43.2 Å². The average molecular weight is 376 g/mol. The number of halogens is 3. The Morgan fingerprint density at radius 1 is 0.963 bits per heavy atom. The normalized spacial score (nSPS) is 16.6. The fourth-order valence-electron chi connectivity index (χ4n) is 3.79. The lowest BCUT2D eigenvalue weighted by molar-refractivity contribution is -0.137. The molecule has 3 nitrogen and oxygen atoms in total. The van der Waals surface area contributed by atoms with E-state index in [1.807, 2.05) is 18.2 Å². The van der Waals surface area contributed by atoms with Gasteiger partial charge in [-0.05, 0) is 36.6 Å².